The third-order valence-electron chi connectivity index (χ3n) is 4.92. The van der Waals surface area contributed by atoms with Gasteiger partial charge in [0.05, 0.1) is 12.1 Å². The minimum Gasteiger partial charge on any atom is -0.455 e. The van der Waals surface area contributed by atoms with Gasteiger partial charge in [-0.15, -0.1) is 0 Å². The molecule has 3 aromatic carbocycles. The van der Waals surface area contributed by atoms with Gasteiger partial charge in [0.15, 0.2) is 6.61 Å². The third kappa shape index (κ3) is 5.69. The first-order chi connectivity index (χ1) is 15.0. The van der Waals surface area contributed by atoms with E-state index < -0.39 is 12.0 Å². The van der Waals surface area contributed by atoms with Crippen LogP contribution in [0.1, 0.15) is 30.6 Å². The van der Waals surface area contributed by atoms with Crippen molar-refractivity contribution in [2.75, 3.05) is 18.1 Å². The summed E-state index contributed by atoms with van der Waals surface area (Å²) >= 11 is 0. The molecular weight excluding hydrogens is 392 g/mol. The molecule has 0 radical (unpaired) electrons. The van der Waals surface area contributed by atoms with Crippen molar-refractivity contribution in [3.8, 4) is 0 Å². The van der Waals surface area contributed by atoms with E-state index in [1.54, 1.807) is 36.1 Å². The molecule has 3 rings (SSSR count). The fraction of sp³-hybridized carbons (Fsp3) is 0.240. The zero-order chi connectivity index (χ0) is 22.2. The minimum absolute atomic E-state index is 0.0216. The highest BCUT2D eigenvalue weighted by Crippen LogP contribution is 2.26. The van der Waals surface area contributed by atoms with Gasteiger partial charge < -0.3 is 15.0 Å². The molecule has 0 aromatic heterocycles. The summed E-state index contributed by atoms with van der Waals surface area (Å²) in [6.45, 7) is 3.70. The maximum Gasteiger partial charge on any atom is 0.308 e. The second kappa shape index (κ2) is 10.4. The number of likely N-dealkylation sites (N-methyl/N-ethyl adjacent to an activating group) is 1. The first-order valence-corrected chi connectivity index (χ1v) is 10.3. The summed E-state index contributed by atoms with van der Waals surface area (Å²) < 4.78 is 5.20. The standard InChI is InChI=1S/C25H26N2O4/c1-3-27(22-15-9-13-19-10-7-8-14-21(19)22)23(28)17-31-24(29)16-18(2)26-25(30)20-11-5-4-6-12-20/h4-15,18H,3,16-17H2,1-2H3,(H,26,30). The second-order valence-electron chi connectivity index (χ2n) is 7.24. The van der Waals surface area contributed by atoms with E-state index in [0.29, 0.717) is 12.1 Å². The normalized spacial score (nSPS) is 11.5. The number of hydrogen-bond acceptors (Lipinski definition) is 4. The zero-order valence-corrected chi connectivity index (χ0v) is 17.7. The first kappa shape index (κ1) is 22.0. The molecular formula is C25H26N2O4. The number of fused-ring (bicyclic) bond motifs is 1. The largest absolute Gasteiger partial charge is 0.455 e. The van der Waals surface area contributed by atoms with E-state index >= 15 is 0 Å². The Morgan fingerprint density at radius 1 is 0.935 bits per heavy atom. The van der Waals surface area contributed by atoms with Crippen LogP contribution in [0.4, 0.5) is 5.69 Å². The topological polar surface area (TPSA) is 75.7 Å². The summed E-state index contributed by atoms with van der Waals surface area (Å²) in [5.41, 5.74) is 1.30. The second-order valence-corrected chi connectivity index (χ2v) is 7.24. The molecule has 0 aliphatic heterocycles. The van der Waals surface area contributed by atoms with Crippen LogP contribution in [0.5, 0.6) is 0 Å². The van der Waals surface area contributed by atoms with Gasteiger partial charge in [-0.05, 0) is 37.4 Å². The van der Waals surface area contributed by atoms with Crippen LogP contribution in [-0.2, 0) is 14.3 Å². The lowest BCUT2D eigenvalue weighted by molar-refractivity contribution is -0.148. The monoisotopic (exact) mass is 418 g/mol. The summed E-state index contributed by atoms with van der Waals surface area (Å²) in [6, 6.07) is 21.9. The highest BCUT2D eigenvalue weighted by Gasteiger charge is 2.19. The molecule has 0 heterocycles. The van der Waals surface area contributed by atoms with Crippen molar-refractivity contribution < 1.29 is 19.1 Å². The van der Waals surface area contributed by atoms with Gasteiger partial charge in [-0.3, -0.25) is 14.4 Å². The quantitative estimate of drug-likeness (QED) is 0.562. The van der Waals surface area contributed by atoms with Crippen LogP contribution in [0, 0.1) is 0 Å². The number of benzene rings is 3. The number of nitrogens with zero attached hydrogens (tertiary/aromatic N) is 1. The van der Waals surface area contributed by atoms with Gasteiger partial charge in [0.2, 0.25) is 0 Å². The number of esters is 1. The van der Waals surface area contributed by atoms with Gasteiger partial charge in [0.1, 0.15) is 0 Å². The third-order valence-corrected chi connectivity index (χ3v) is 4.92. The number of ether oxygens (including phenoxy) is 1. The zero-order valence-electron chi connectivity index (χ0n) is 17.7. The van der Waals surface area contributed by atoms with Gasteiger partial charge in [-0.1, -0.05) is 54.6 Å². The van der Waals surface area contributed by atoms with Crippen LogP contribution in [0.2, 0.25) is 0 Å². The molecule has 6 nitrogen and oxygen atoms in total. The molecule has 31 heavy (non-hydrogen) atoms. The Hall–Kier alpha value is -3.67. The highest BCUT2D eigenvalue weighted by molar-refractivity contribution is 6.04. The molecule has 3 aromatic rings. The van der Waals surface area contributed by atoms with Crippen molar-refractivity contribution in [2.24, 2.45) is 0 Å². The number of amides is 2. The summed E-state index contributed by atoms with van der Waals surface area (Å²) in [5.74, 6) is -1.10. The average Bonchev–Trinajstić information content (AvgIpc) is 2.79. The Morgan fingerprint density at radius 3 is 2.35 bits per heavy atom. The van der Waals surface area contributed by atoms with Crippen LogP contribution in [0.3, 0.4) is 0 Å². The van der Waals surface area contributed by atoms with Crippen molar-refractivity contribution in [3.63, 3.8) is 0 Å². The van der Waals surface area contributed by atoms with E-state index in [1.807, 2.05) is 55.5 Å². The van der Waals surface area contributed by atoms with E-state index in [4.69, 9.17) is 4.74 Å². The lowest BCUT2D eigenvalue weighted by Crippen LogP contribution is -2.37. The molecule has 0 spiro atoms. The molecule has 0 aliphatic rings. The average molecular weight is 418 g/mol. The Bertz CT molecular complexity index is 1060. The summed E-state index contributed by atoms with van der Waals surface area (Å²) in [7, 11) is 0. The van der Waals surface area contributed by atoms with E-state index in [-0.39, 0.29) is 24.8 Å². The van der Waals surface area contributed by atoms with Crippen molar-refractivity contribution in [1.29, 1.82) is 0 Å². The Labute approximate surface area is 181 Å². The molecule has 160 valence electrons. The smallest absolute Gasteiger partial charge is 0.308 e. The predicted molar refractivity (Wildman–Crippen MR) is 121 cm³/mol. The van der Waals surface area contributed by atoms with Gasteiger partial charge in [0, 0.05) is 23.5 Å². The number of carbonyl (C=O) groups excluding carboxylic acids is 3. The number of anilines is 1. The van der Waals surface area contributed by atoms with Crippen LogP contribution < -0.4 is 10.2 Å². The SMILES string of the molecule is CCN(C(=O)COC(=O)CC(C)NC(=O)c1ccccc1)c1cccc2ccccc12. The molecule has 0 saturated carbocycles. The lowest BCUT2D eigenvalue weighted by Gasteiger charge is -2.23. The lowest BCUT2D eigenvalue weighted by atomic mass is 10.1. The minimum atomic E-state index is -0.539. The van der Waals surface area contributed by atoms with Gasteiger partial charge in [0.25, 0.3) is 11.8 Å². The number of rotatable bonds is 8. The molecule has 2 amide bonds. The summed E-state index contributed by atoms with van der Waals surface area (Å²) in [4.78, 5) is 38.7. The molecule has 0 aliphatic carbocycles. The first-order valence-electron chi connectivity index (χ1n) is 10.3. The highest BCUT2D eigenvalue weighted by atomic mass is 16.5. The van der Waals surface area contributed by atoms with Crippen LogP contribution >= 0.6 is 0 Å². The number of hydrogen-bond donors (Lipinski definition) is 1. The maximum absolute atomic E-state index is 12.8. The van der Waals surface area contributed by atoms with Crippen molar-refractivity contribution in [1.82, 2.24) is 5.32 Å². The Kier molecular flexibility index (Phi) is 7.38. The Balaban J connectivity index is 1.55. The van der Waals surface area contributed by atoms with E-state index in [0.717, 1.165) is 16.5 Å². The van der Waals surface area contributed by atoms with E-state index in [9.17, 15) is 14.4 Å². The molecule has 1 atom stereocenters. The number of nitrogens with one attached hydrogen (secondary N) is 1. The fourth-order valence-electron chi connectivity index (χ4n) is 3.40. The molecule has 0 fully saturated rings. The van der Waals surface area contributed by atoms with Gasteiger partial charge in [-0.25, -0.2) is 0 Å². The molecule has 0 bridgehead atoms. The van der Waals surface area contributed by atoms with Crippen molar-refractivity contribution in [3.05, 3.63) is 78.4 Å². The molecule has 1 unspecified atom stereocenters. The number of carbonyl (C=O) groups is 3. The summed E-state index contributed by atoms with van der Waals surface area (Å²) in [5, 5.41) is 4.75. The van der Waals surface area contributed by atoms with E-state index in [2.05, 4.69) is 5.32 Å². The van der Waals surface area contributed by atoms with Crippen molar-refractivity contribution >= 4 is 34.2 Å². The maximum atomic E-state index is 12.8. The van der Waals surface area contributed by atoms with Crippen LogP contribution in [0.15, 0.2) is 72.8 Å². The summed E-state index contributed by atoms with van der Waals surface area (Å²) in [6.07, 6.45) is -0.0216. The van der Waals surface area contributed by atoms with Gasteiger partial charge in [-0.2, -0.15) is 0 Å². The predicted octanol–water partition coefficient (Wildman–Crippen LogP) is 3.94. The van der Waals surface area contributed by atoms with Gasteiger partial charge >= 0.3 is 5.97 Å². The molecule has 0 saturated heterocycles. The van der Waals surface area contributed by atoms with Crippen molar-refractivity contribution in [2.45, 2.75) is 26.3 Å². The van der Waals surface area contributed by atoms with Crippen LogP contribution in [0.25, 0.3) is 10.8 Å². The van der Waals surface area contributed by atoms with Crippen LogP contribution in [-0.4, -0.2) is 37.0 Å². The fourth-order valence-corrected chi connectivity index (χ4v) is 3.40. The Morgan fingerprint density at radius 2 is 1.61 bits per heavy atom. The van der Waals surface area contributed by atoms with E-state index in [1.165, 1.54) is 0 Å². The molecule has 1 N–H and O–H groups in total. The molecule has 6 heteroatoms.